The normalized spacial score (nSPS) is 11.2. The maximum atomic E-state index is 5.82. The molecule has 92 valence electrons. The van der Waals surface area contributed by atoms with Crippen LogP contribution in [0.1, 0.15) is 57.8 Å². The van der Waals surface area contributed by atoms with Crippen LogP contribution in [0.3, 0.4) is 0 Å². The molecule has 0 atom stereocenters. The van der Waals surface area contributed by atoms with E-state index in [4.69, 9.17) is 10.3 Å². The zero-order valence-electron chi connectivity index (χ0n) is 10.8. The van der Waals surface area contributed by atoms with Gasteiger partial charge in [-0.05, 0) is 18.8 Å². The first-order chi connectivity index (χ1) is 7.65. The third-order valence-corrected chi connectivity index (χ3v) is 2.77. The van der Waals surface area contributed by atoms with E-state index in [2.05, 4.69) is 25.9 Å². The lowest BCUT2D eigenvalue weighted by Crippen LogP contribution is -2.00. The summed E-state index contributed by atoms with van der Waals surface area (Å²) >= 11 is 0. The molecule has 3 heteroatoms. The molecule has 0 saturated heterocycles. The lowest BCUT2D eigenvalue weighted by atomic mass is 10.0. The van der Waals surface area contributed by atoms with Crippen molar-refractivity contribution in [2.75, 3.05) is 5.73 Å². The Morgan fingerprint density at radius 3 is 2.62 bits per heavy atom. The van der Waals surface area contributed by atoms with Gasteiger partial charge in [0.15, 0.2) is 5.82 Å². The van der Waals surface area contributed by atoms with Crippen LogP contribution in [-0.2, 0) is 12.8 Å². The molecule has 0 aliphatic carbocycles. The largest absolute Gasteiger partial charge is 0.381 e. The van der Waals surface area contributed by atoms with E-state index < -0.39 is 0 Å². The molecule has 0 saturated carbocycles. The lowest BCUT2D eigenvalue weighted by Gasteiger charge is -2.04. The fourth-order valence-corrected chi connectivity index (χ4v) is 1.89. The van der Waals surface area contributed by atoms with Gasteiger partial charge < -0.3 is 10.3 Å². The Morgan fingerprint density at radius 1 is 1.25 bits per heavy atom. The highest BCUT2D eigenvalue weighted by Crippen LogP contribution is 2.22. The molecular formula is C13H24N2O. The Kier molecular flexibility index (Phi) is 5.36. The highest BCUT2D eigenvalue weighted by atomic mass is 16.5. The number of unbranched alkanes of at least 4 members (excludes halogenated alkanes) is 3. The van der Waals surface area contributed by atoms with Crippen LogP contribution < -0.4 is 5.73 Å². The van der Waals surface area contributed by atoms with Gasteiger partial charge in [-0.2, -0.15) is 0 Å². The number of nitrogen functional groups attached to an aromatic ring is 1. The van der Waals surface area contributed by atoms with Gasteiger partial charge in [-0.15, -0.1) is 0 Å². The molecule has 0 radical (unpaired) electrons. The van der Waals surface area contributed by atoms with E-state index in [0.29, 0.717) is 11.7 Å². The molecule has 16 heavy (non-hydrogen) atoms. The number of hydrogen-bond acceptors (Lipinski definition) is 3. The van der Waals surface area contributed by atoms with E-state index in [-0.39, 0.29) is 0 Å². The van der Waals surface area contributed by atoms with E-state index >= 15 is 0 Å². The SMILES string of the molecule is CCCCCCc1onc(N)c1CC(C)C. The minimum atomic E-state index is 0.583. The van der Waals surface area contributed by atoms with Crippen molar-refractivity contribution in [2.45, 2.75) is 59.3 Å². The van der Waals surface area contributed by atoms with Crippen LogP contribution in [-0.4, -0.2) is 5.16 Å². The molecule has 2 N–H and O–H groups in total. The second kappa shape index (κ2) is 6.56. The van der Waals surface area contributed by atoms with Crippen molar-refractivity contribution in [1.82, 2.24) is 5.16 Å². The van der Waals surface area contributed by atoms with Gasteiger partial charge >= 0.3 is 0 Å². The average Bonchev–Trinajstić information content (AvgIpc) is 2.56. The number of rotatable bonds is 7. The van der Waals surface area contributed by atoms with Gasteiger partial charge in [-0.25, -0.2) is 0 Å². The Hall–Kier alpha value is -0.990. The molecule has 0 unspecified atom stereocenters. The fraction of sp³-hybridized carbons (Fsp3) is 0.769. The molecule has 0 aromatic carbocycles. The summed E-state index contributed by atoms with van der Waals surface area (Å²) in [5.41, 5.74) is 6.95. The summed E-state index contributed by atoms with van der Waals surface area (Å²) in [5.74, 6) is 2.18. The first-order valence-electron chi connectivity index (χ1n) is 6.38. The van der Waals surface area contributed by atoms with Gasteiger partial charge in [0, 0.05) is 12.0 Å². The summed E-state index contributed by atoms with van der Waals surface area (Å²) in [6.07, 6.45) is 6.94. The number of anilines is 1. The maximum absolute atomic E-state index is 5.82. The zero-order valence-corrected chi connectivity index (χ0v) is 10.8. The van der Waals surface area contributed by atoms with Crippen LogP contribution in [0.25, 0.3) is 0 Å². The quantitative estimate of drug-likeness (QED) is 0.720. The molecule has 0 aliphatic heterocycles. The predicted octanol–water partition coefficient (Wildman–Crippen LogP) is 3.58. The molecule has 1 rings (SSSR count). The Morgan fingerprint density at radius 2 is 2.00 bits per heavy atom. The van der Waals surface area contributed by atoms with Gasteiger partial charge in [-0.1, -0.05) is 45.2 Å². The van der Waals surface area contributed by atoms with Crippen LogP contribution in [0.4, 0.5) is 5.82 Å². The monoisotopic (exact) mass is 224 g/mol. The first kappa shape index (κ1) is 13.1. The maximum Gasteiger partial charge on any atom is 0.170 e. The summed E-state index contributed by atoms with van der Waals surface area (Å²) < 4.78 is 5.30. The highest BCUT2D eigenvalue weighted by Gasteiger charge is 2.14. The number of nitrogens with zero attached hydrogens (tertiary/aromatic N) is 1. The smallest absolute Gasteiger partial charge is 0.170 e. The molecule has 1 aromatic rings. The molecule has 0 spiro atoms. The summed E-state index contributed by atoms with van der Waals surface area (Å²) in [4.78, 5) is 0. The molecular weight excluding hydrogens is 200 g/mol. The zero-order chi connectivity index (χ0) is 12.0. The van der Waals surface area contributed by atoms with Crippen LogP contribution in [0.5, 0.6) is 0 Å². The Bertz CT molecular complexity index is 305. The van der Waals surface area contributed by atoms with Crippen molar-refractivity contribution in [3.05, 3.63) is 11.3 Å². The summed E-state index contributed by atoms with van der Waals surface area (Å²) in [5, 5.41) is 3.87. The van der Waals surface area contributed by atoms with Crippen LogP contribution in [0.15, 0.2) is 4.52 Å². The second-order valence-corrected chi connectivity index (χ2v) is 4.88. The average molecular weight is 224 g/mol. The van der Waals surface area contributed by atoms with E-state index in [1.165, 1.54) is 25.7 Å². The van der Waals surface area contributed by atoms with Crippen molar-refractivity contribution < 1.29 is 4.52 Å². The number of hydrogen-bond donors (Lipinski definition) is 1. The van der Waals surface area contributed by atoms with Crippen molar-refractivity contribution in [1.29, 1.82) is 0 Å². The third-order valence-electron chi connectivity index (χ3n) is 2.77. The van der Waals surface area contributed by atoms with Crippen molar-refractivity contribution in [3.8, 4) is 0 Å². The van der Waals surface area contributed by atoms with Gasteiger partial charge in [0.2, 0.25) is 0 Å². The van der Waals surface area contributed by atoms with Crippen LogP contribution >= 0.6 is 0 Å². The van der Waals surface area contributed by atoms with Gasteiger partial charge in [0.1, 0.15) is 5.76 Å². The van der Waals surface area contributed by atoms with Gasteiger partial charge in [0.25, 0.3) is 0 Å². The van der Waals surface area contributed by atoms with E-state index in [0.717, 1.165) is 24.2 Å². The van der Waals surface area contributed by atoms with E-state index in [9.17, 15) is 0 Å². The molecule has 1 heterocycles. The summed E-state index contributed by atoms with van der Waals surface area (Å²) in [6, 6.07) is 0. The predicted molar refractivity (Wildman–Crippen MR) is 67.3 cm³/mol. The number of aromatic nitrogens is 1. The van der Waals surface area contributed by atoms with Gasteiger partial charge in [-0.3, -0.25) is 0 Å². The topological polar surface area (TPSA) is 52.0 Å². The molecule has 0 bridgehead atoms. The molecule has 0 amide bonds. The highest BCUT2D eigenvalue weighted by molar-refractivity contribution is 5.40. The number of aryl methyl sites for hydroxylation is 1. The molecule has 0 aliphatic rings. The minimum absolute atomic E-state index is 0.583. The van der Waals surface area contributed by atoms with Crippen LogP contribution in [0.2, 0.25) is 0 Å². The van der Waals surface area contributed by atoms with E-state index in [1.54, 1.807) is 0 Å². The third kappa shape index (κ3) is 3.87. The Balaban J connectivity index is 2.51. The molecule has 0 fully saturated rings. The lowest BCUT2D eigenvalue weighted by molar-refractivity contribution is 0.378. The van der Waals surface area contributed by atoms with E-state index in [1.807, 2.05) is 0 Å². The minimum Gasteiger partial charge on any atom is -0.381 e. The summed E-state index contributed by atoms with van der Waals surface area (Å²) in [6.45, 7) is 6.59. The van der Waals surface area contributed by atoms with Crippen molar-refractivity contribution in [3.63, 3.8) is 0 Å². The molecule has 1 aromatic heterocycles. The van der Waals surface area contributed by atoms with Crippen LogP contribution in [0, 0.1) is 5.92 Å². The standard InChI is InChI=1S/C13H24N2O/c1-4-5-6-7-8-12-11(9-10(2)3)13(14)15-16-12/h10H,4-9H2,1-3H3,(H2,14,15). The van der Waals surface area contributed by atoms with Crippen molar-refractivity contribution >= 4 is 5.82 Å². The Labute approximate surface area is 98.4 Å². The van der Waals surface area contributed by atoms with Crippen molar-refractivity contribution in [2.24, 2.45) is 5.92 Å². The van der Waals surface area contributed by atoms with Gasteiger partial charge in [0.05, 0.1) is 0 Å². The number of nitrogens with two attached hydrogens (primary N) is 1. The fourth-order valence-electron chi connectivity index (χ4n) is 1.89. The summed E-state index contributed by atoms with van der Waals surface area (Å²) in [7, 11) is 0. The molecule has 3 nitrogen and oxygen atoms in total. The second-order valence-electron chi connectivity index (χ2n) is 4.88. The first-order valence-corrected chi connectivity index (χ1v) is 6.38.